The van der Waals surface area contributed by atoms with E-state index in [1.807, 2.05) is 47.6 Å². The predicted octanol–water partition coefficient (Wildman–Crippen LogP) is 3.26. The highest BCUT2D eigenvalue weighted by Crippen LogP contribution is 2.15. The summed E-state index contributed by atoms with van der Waals surface area (Å²) in [6.45, 7) is 10.4. The van der Waals surface area contributed by atoms with Crippen LogP contribution < -0.4 is 5.32 Å². The third-order valence-corrected chi connectivity index (χ3v) is 4.77. The minimum absolute atomic E-state index is 0.00565. The number of benzene rings is 1. The summed E-state index contributed by atoms with van der Waals surface area (Å²) in [7, 11) is 0. The molecular weight excluding hydrogens is 350 g/mol. The van der Waals surface area contributed by atoms with E-state index in [0.29, 0.717) is 18.9 Å². The van der Waals surface area contributed by atoms with E-state index in [9.17, 15) is 4.79 Å². The number of carbonyl (C=O) groups excluding carboxylic acids is 1. The molecule has 1 amide bonds. The fourth-order valence-corrected chi connectivity index (χ4v) is 3.29. The molecule has 28 heavy (non-hydrogen) atoms. The Bertz CT molecular complexity index is 924. The van der Waals surface area contributed by atoms with Crippen molar-refractivity contribution in [1.82, 2.24) is 24.9 Å². The Morgan fingerprint density at radius 1 is 1.14 bits per heavy atom. The Morgan fingerprint density at radius 2 is 1.89 bits per heavy atom. The molecule has 0 radical (unpaired) electrons. The third-order valence-electron chi connectivity index (χ3n) is 4.77. The molecule has 0 bridgehead atoms. The lowest BCUT2D eigenvalue weighted by molar-refractivity contribution is -0.120. The van der Waals surface area contributed by atoms with Crippen LogP contribution in [0.25, 0.3) is 0 Å². The number of rotatable bonds is 8. The molecule has 3 rings (SSSR count). The largest absolute Gasteiger partial charge is 0.352 e. The molecule has 0 aliphatic heterocycles. The van der Waals surface area contributed by atoms with Crippen molar-refractivity contribution >= 4 is 5.91 Å². The van der Waals surface area contributed by atoms with Gasteiger partial charge in [-0.3, -0.25) is 14.2 Å². The third kappa shape index (κ3) is 5.09. The maximum Gasteiger partial charge on any atom is 0.224 e. The Labute approximate surface area is 166 Å². The smallest absolute Gasteiger partial charge is 0.224 e. The molecule has 0 saturated heterocycles. The van der Waals surface area contributed by atoms with Gasteiger partial charge < -0.3 is 5.32 Å². The molecule has 2 aromatic heterocycles. The van der Waals surface area contributed by atoms with Gasteiger partial charge in [-0.15, -0.1) is 0 Å². The van der Waals surface area contributed by atoms with Crippen molar-refractivity contribution in [2.75, 3.05) is 0 Å². The van der Waals surface area contributed by atoms with E-state index in [1.165, 1.54) is 5.56 Å². The standard InChI is InChI=1S/C22H29N5O/c1-16(2)13-27-18(4)21(17(3)25-27)10-22(28)23-11-20-12-24-26(15-20)14-19-8-6-5-7-9-19/h5-9,12,15-16H,10-11,13-14H2,1-4H3,(H,23,28). The van der Waals surface area contributed by atoms with E-state index in [0.717, 1.165) is 35.6 Å². The van der Waals surface area contributed by atoms with Crippen molar-refractivity contribution in [2.45, 2.75) is 53.8 Å². The maximum absolute atomic E-state index is 12.4. The minimum Gasteiger partial charge on any atom is -0.352 e. The zero-order chi connectivity index (χ0) is 20.1. The molecule has 2 heterocycles. The summed E-state index contributed by atoms with van der Waals surface area (Å²) in [5.74, 6) is 0.526. The minimum atomic E-state index is 0.00565. The number of amides is 1. The van der Waals surface area contributed by atoms with E-state index < -0.39 is 0 Å². The first-order valence-electron chi connectivity index (χ1n) is 9.77. The summed E-state index contributed by atoms with van der Waals surface area (Å²) in [5, 5.41) is 12.0. The summed E-state index contributed by atoms with van der Waals surface area (Å²) in [6, 6.07) is 10.2. The van der Waals surface area contributed by atoms with Crippen LogP contribution in [0.4, 0.5) is 0 Å². The lowest BCUT2D eigenvalue weighted by Crippen LogP contribution is -2.24. The quantitative estimate of drug-likeness (QED) is 0.653. The van der Waals surface area contributed by atoms with E-state index in [-0.39, 0.29) is 5.91 Å². The Balaban J connectivity index is 1.54. The SMILES string of the molecule is Cc1nn(CC(C)C)c(C)c1CC(=O)NCc1cnn(Cc2ccccc2)c1. The fourth-order valence-electron chi connectivity index (χ4n) is 3.29. The number of hydrogen-bond acceptors (Lipinski definition) is 3. The molecule has 6 heteroatoms. The van der Waals surface area contributed by atoms with E-state index in [2.05, 4.69) is 41.5 Å². The van der Waals surface area contributed by atoms with Crippen molar-refractivity contribution in [3.8, 4) is 0 Å². The molecule has 1 aromatic carbocycles. The van der Waals surface area contributed by atoms with Crippen molar-refractivity contribution in [1.29, 1.82) is 0 Å². The van der Waals surface area contributed by atoms with Gasteiger partial charge in [0.15, 0.2) is 0 Å². The summed E-state index contributed by atoms with van der Waals surface area (Å²) in [5.41, 5.74) is 5.23. The maximum atomic E-state index is 12.4. The number of nitrogens with one attached hydrogen (secondary N) is 1. The zero-order valence-corrected chi connectivity index (χ0v) is 17.1. The van der Waals surface area contributed by atoms with Crippen molar-refractivity contribution < 1.29 is 4.79 Å². The van der Waals surface area contributed by atoms with Gasteiger partial charge in [0.05, 0.1) is 24.9 Å². The van der Waals surface area contributed by atoms with Crippen LogP contribution in [0.3, 0.4) is 0 Å². The van der Waals surface area contributed by atoms with Crippen molar-refractivity contribution in [3.63, 3.8) is 0 Å². The van der Waals surface area contributed by atoms with Crippen LogP contribution >= 0.6 is 0 Å². The fraction of sp³-hybridized carbons (Fsp3) is 0.409. The Kier molecular flexibility index (Phi) is 6.29. The molecule has 0 aliphatic rings. The molecule has 6 nitrogen and oxygen atoms in total. The van der Waals surface area contributed by atoms with Crippen molar-refractivity contribution in [2.24, 2.45) is 5.92 Å². The second-order valence-corrected chi connectivity index (χ2v) is 7.71. The lowest BCUT2D eigenvalue weighted by atomic mass is 10.1. The average Bonchev–Trinajstić information content (AvgIpc) is 3.20. The molecule has 0 aliphatic carbocycles. The first-order valence-corrected chi connectivity index (χ1v) is 9.77. The van der Waals surface area contributed by atoms with Crippen LogP contribution in [0, 0.1) is 19.8 Å². The summed E-state index contributed by atoms with van der Waals surface area (Å²) in [4.78, 5) is 12.4. The number of aromatic nitrogens is 4. The van der Waals surface area contributed by atoms with Gasteiger partial charge in [-0.05, 0) is 25.3 Å². The molecule has 0 spiro atoms. The number of hydrogen-bond donors (Lipinski definition) is 1. The van der Waals surface area contributed by atoms with Crippen LogP contribution in [0.15, 0.2) is 42.7 Å². The molecular formula is C22H29N5O. The monoisotopic (exact) mass is 379 g/mol. The number of nitrogens with zero attached hydrogens (tertiary/aromatic N) is 4. The van der Waals surface area contributed by atoms with E-state index in [4.69, 9.17) is 0 Å². The summed E-state index contributed by atoms with van der Waals surface area (Å²) in [6.07, 6.45) is 4.14. The number of aryl methyl sites for hydroxylation is 1. The normalized spacial score (nSPS) is 11.2. The first-order chi connectivity index (χ1) is 13.4. The van der Waals surface area contributed by atoms with E-state index in [1.54, 1.807) is 6.20 Å². The molecule has 0 fully saturated rings. The lowest BCUT2D eigenvalue weighted by Gasteiger charge is -2.08. The van der Waals surface area contributed by atoms with Gasteiger partial charge in [-0.1, -0.05) is 44.2 Å². The molecule has 0 atom stereocenters. The summed E-state index contributed by atoms with van der Waals surface area (Å²) >= 11 is 0. The topological polar surface area (TPSA) is 64.7 Å². The highest BCUT2D eigenvalue weighted by atomic mass is 16.1. The van der Waals surface area contributed by atoms with Crippen LogP contribution in [-0.4, -0.2) is 25.5 Å². The molecule has 148 valence electrons. The average molecular weight is 380 g/mol. The van der Waals surface area contributed by atoms with Gasteiger partial charge in [-0.2, -0.15) is 10.2 Å². The zero-order valence-electron chi connectivity index (χ0n) is 17.1. The van der Waals surface area contributed by atoms with Crippen LogP contribution in [0.2, 0.25) is 0 Å². The molecule has 3 aromatic rings. The first kappa shape index (κ1) is 19.9. The van der Waals surface area contributed by atoms with Crippen molar-refractivity contribution in [3.05, 3.63) is 70.8 Å². The van der Waals surface area contributed by atoms with Gasteiger partial charge in [0.2, 0.25) is 5.91 Å². The van der Waals surface area contributed by atoms with Crippen LogP contribution in [0.5, 0.6) is 0 Å². The second-order valence-electron chi connectivity index (χ2n) is 7.71. The molecule has 1 N–H and O–H groups in total. The number of carbonyl (C=O) groups is 1. The Morgan fingerprint density at radius 3 is 2.61 bits per heavy atom. The van der Waals surface area contributed by atoms with Gasteiger partial charge in [-0.25, -0.2) is 0 Å². The predicted molar refractivity (Wildman–Crippen MR) is 110 cm³/mol. The van der Waals surface area contributed by atoms with Gasteiger partial charge in [0.25, 0.3) is 0 Å². The second kappa shape index (κ2) is 8.87. The summed E-state index contributed by atoms with van der Waals surface area (Å²) < 4.78 is 3.90. The van der Waals surface area contributed by atoms with Crippen LogP contribution in [-0.2, 0) is 30.8 Å². The van der Waals surface area contributed by atoms with Gasteiger partial charge in [0, 0.05) is 36.1 Å². The van der Waals surface area contributed by atoms with Crippen LogP contribution in [0.1, 0.15) is 41.9 Å². The molecule has 0 unspecified atom stereocenters. The van der Waals surface area contributed by atoms with Gasteiger partial charge in [0.1, 0.15) is 0 Å². The van der Waals surface area contributed by atoms with E-state index >= 15 is 0 Å². The highest BCUT2D eigenvalue weighted by molar-refractivity contribution is 5.79. The Hall–Kier alpha value is -2.89. The molecule has 0 saturated carbocycles. The van der Waals surface area contributed by atoms with Gasteiger partial charge >= 0.3 is 0 Å². The highest BCUT2D eigenvalue weighted by Gasteiger charge is 2.15.